The molecule has 0 spiro atoms. The van der Waals surface area contributed by atoms with Gasteiger partial charge in [-0.15, -0.1) is 0 Å². The summed E-state index contributed by atoms with van der Waals surface area (Å²) >= 11 is 0. The lowest BCUT2D eigenvalue weighted by atomic mass is 10.1. The fourth-order valence-electron chi connectivity index (χ4n) is 2.81. The first-order chi connectivity index (χ1) is 11.5. The van der Waals surface area contributed by atoms with Crippen molar-refractivity contribution < 1.29 is 18.4 Å². The second-order valence-electron chi connectivity index (χ2n) is 5.65. The number of hydrogen-bond donors (Lipinski definition) is 0. The van der Waals surface area contributed by atoms with Gasteiger partial charge in [-0.3, -0.25) is 9.59 Å². The molecule has 24 heavy (non-hydrogen) atoms. The van der Waals surface area contributed by atoms with Crippen molar-refractivity contribution >= 4 is 17.5 Å². The van der Waals surface area contributed by atoms with Gasteiger partial charge in [0.1, 0.15) is 17.7 Å². The maximum Gasteiger partial charge on any atom is 0.254 e. The number of benzene rings is 2. The third-order valence-electron chi connectivity index (χ3n) is 4.13. The molecule has 1 fully saturated rings. The molecule has 0 aliphatic carbocycles. The Balaban J connectivity index is 1.79. The van der Waals surface area contributed by atoms with E-state index < -0.39 is 17.7 Å². The minimum atomic E-state index is -0.681. The highest BCUT2D eigenvalue weighted by molar-refractivity contribution is 6.03. The molecule has 0 bridgehead atoms. The molecule has 2 aromatic rings. The zero-order valence-corrected chi connectivity index (χ0v) is 13.1. The zero-order valence-electron chi connectivity index (χ0n) is 13.1. The average molecular weight is 330 g/mol. The van der Waals surface area contributed by atoms with Crippen molar-refractivity contribution in [2.45, 2.75) is 13.0 Å². The van der Waals surface area contributed by atoms with E-state index in [4.69, 9.17) is 0 Å². The van der Waals surface area contributed by atoms with E-state index in [9.17, 15) is 18.4 Å². The van der Waals surface area contributed by atoms with Gasteiger partial charge in [-0.25, -0.2) is 8.78 Å². The number of carbonyl (C=O) groups is 2. The fraction of sp³-hybridized carbons (Fsp3) is 0.222. The lowest BCUT2D eigenvalue weighted by Crippen LogP contribution is -2.57. The van der Waals surface area contributed by atoms with E-state index in [0.717, 1.165) is 0 Å². The van der Waals surface area contributed by atoms with Gasteiger partial charge in [-0.05, 0) is 49.4 Å². The Morgan fingerprint density at radius 1 is 1.04 bits per heavy atom. The SMILES string of the molecule is C[C@H]1C(=O)N(c2cccc(F)c2)CCN1C(=O)c1ccc(F)cc1. The van der Waals surface area contributed by atoms with E-state index in [1.807, 2.05) is 0 Å². The van der Waals surface area contributed by atoms with Gasteiger partial charge in [-0.1, -0.05) is 6.07 Å². The van der Waals surface area contributed by atoms with Crippen molar-refractivity contribution in [1.82, 2.24) is 4.90 Å². The van der Waals surface area contributed by atoms with E-state index in [2.05, 4.69) is 0 Å². The highest BCUT2D eigenvalue weighted by atomic mass is 19.1. The van der Waals surface area contributed by atoms with E-state index in [-0.39, 0.29) is 18.4 Å². The van der Waals surface area contributed by atoms with Crippen LogP contribution in [0.1, 0.15) is 17.3 Å². The molecule has 0 aromatic heterocycles. The molecular weight excluding hydrogens is 314 g/mol. The van der Waals surface area contributed by atoms with E-state index >= 15 is 0 Å². The molecule has 124 valence electrons. The maximum atomic E-state index is 13.4. The molecule has 1 heterocycles. The molecule has 1 atom stereocenters. The number of halogens is 2. The van der Waals surface area contributed by atoms with Crippen molar-refractivity contribution in [3.05, 3.63) is 65.7 Å². The summed E-state index contributed by atoms with van der Waals surface area (Å²) < 4.78 is 26.4. The number of hydrogen-bond acceptors (Lipinski definition) is 2. The molecule has 2 amide bonds. The predicted octanol–water partition coefficient (Wildman–Crippen LogP) is 2.84. The Morgan fingerprint density at radius 2 is 1.75 bits per heavy atom. The summed E-state index contributed by atoms with van der Waals surface area (Å²) in [7, 11) is 0. The largest absolute Gasteiger partial charge is 0.325 e. The van der Waals surface area contributed by atoms with Crippen LogP contribution in [0, 0.1) is 11.6 Å². The lowest BCUT2D eigenvalue weighted by Gasteiger charge is -2.39. The quantitative estimate of drug-likeness (QED) is 0.849. The summed E-state index contributed by atoms with van der Waals surface area (Å²) in [5, 5.41) is 0. The topological polar surface area (TPSA) is 40.6 Å². The van der Waals surface area contributed by atoms with Crippen LogP contribution in [0.5, 0.6) is 0 Å². The van der Waals surface area contributed by atoms with Crippen molar-refractivity contribution in [2.75, 3.05) is 18.0 Å². The Bertz CT molecular complexity index is 777. The van der Waals surface area contributed by atoms with Gasteiger partial charge < -0.3 is 9.80 Å². The van der Waals surface area contributed by atoms with Crippen LogP contribution in [0.4, 0.5) is 14.5 Å². The van der Waals surface area contributed by atoms with Gasteiger partial charge in [0.2, 0.25) is 5.91 Å². The standard InChI is InChI=1S/C18H16F2N2O2/c1-12-17(23)22(16-4-2-3-15(20)11-16)10-9-21(12)18(24)13-5-7-14(19)8-6-13/h2-8,11-12H,9-10H2,1H3/t12-/m0/s1. The molecule has 6 heteroatoms. The lowest BCUT2D eigenvalue weighted by molar-refractivity contribution is -0.124. The predicted molar refractivity (Wildman–Crippen MR) is 85.7 cm³/mol. The molecular formula is C18H16F2N2O2. The maximum absolute atomic E-state index is 13.4. The van der Waals surface area contributed by atoms with Crippen LogP contribution in [0.15, 0.2) is 48.5 Å². The monoisotopic (exact) mass is 330 g/mol. The number of carbonyl (C=O) groups excluding carboxylic acids is 2. The van der Waals surface area contributed by atoms with E-state index in [1.165, 1.54) is 46.2 Å². The summed E-state index contributed by atoms with van der Waals surface area (Å²) in [4.78, 5) is 28.0. The molecule has 1 aliphatic rings. The van der Waals surface area contributed by atoms with Crippen LogP contribution in [0.25, 0.3) is 0 Å². The smallest absolute Gasteiger partial charge is 0.254 e. The molecule has 1 aliphatic heterocycles. The highest BCUT2D eigenvalue weighted by Gasteiger charge is 2.35. The van der Waals surface area contributed by atoms with Crippen LogP contribution in [-0.4, -0.2) is 35.8 Å². The summed E-state index contributed by atoms with van der Waals surface area (Å²) in [5.74, 6) is -1.44. The number of rotatable bonds is 2. The molecule has 1 saturated heterocycles. The Morgan fingerprint density at radius 3 is 2.42 bits per heavy atom. The second kappa shape index (κ2) is 6.39. The van der Waals surface area contributed by atoms with E-state index in [1.54, 1.807) is 19.1 Å². The first-order valence-corrected chi connectivity index (χ1v) is 7.61. The third kappa shape index (κ3) is 2.99. The van der Waals surface area contributed by atoms with Crippen LogP contribution in [-0.2, 0) is 4.79 Å². The van der Waals surface area contributed by atoms with Crippen LogP contribution in [0.2, 0.25) is 0 Å². The Labute approximate surface area is 138 Å². The Kier molecular flexibility index (Phi) is 4.29. The number of amides is 2. The van der Waals surface area contributed by atoms with Gasteiger partial charge in [0.15, 0.2) is 0 Å². The summed E-state index contributed by atoms with van der Waals surface area (Å²) in [6.07, 6.45) is 0. The minimum Gasteiger partial charge on any atom is -0.325 e. The zero-order chi connectivity index (χ0) is 17.3. The van der Waals surface area contributed by atoms with Gasteiger partial charge in [-0.2, -0.15) is 0 Å². The Hall–Kier alpha value is -2.76. The number of anilines is 1. The first kappa shape index (κ1) is 16.1. The summed E-state index contributed by atoms with van der Waals surface area (Å²) in [6, 6.07) is 10.3. The molecule has 4 nitrogen and oxygen atoms in total. The molecule has 3 rings (SSSR count). The summed E-state index contributed by atoms with van der Waals surface area (Å²) in [6.45, 7) is 2.23. The first-order valence-electron chi connectivity index (χ1n) is 7.61. The van der Waals surface area contributed by atoms with Crippen molar-refractivity contribution in [2.24, 2.45) is 0 Å². The van der Waals surface area contributed by atoms with Gasteiger partial charge in [0.05, 0.1) is 0 Å². The van der Waals surface area contributed by atoms with Crippen LogP contribution >= 0.6 is 0 Å². The van der Waals surface area contributed by atoms with Crippen LogP contribution < -0.4 is 4.90 Å². The van der Waals surface area contributed by atoms with Gasteiger partial charge in [0, 0.05) is 24.3 Å². The normalized spacial score (nSPS) is 18.0. The third-order valence-corrected chi connectivity index (χ3v) is 4.13. The van der Waals surface area contributed by atoms with Gasteiger partial charge in [0.25, 0.3) is 5.91 Å². The van der Waals surface area contributed by atoms with Crippen molar-refractivity contribution in [3.8, 4) is 0 Å². The molecule has 0 N–H and O–H groups in total. The molecule has 2 aromatic carbocycles. The highest BCUT2D eigenvalue weighted by Crippen LogP contribution is 2.22. The average Bonchev–Trinajstić information content (AvgIpc) is 2.57. The van der Waals surface area contributed by atoms with Crippen molar-refractivity contribution in [1.29, 1.82) is 0 Å². The van der Waals surface area contributed by atoms with E-state index in [0.29, 0.717) is 17.8 Å². The number of nitrogens with zero attached hydrogens (tertiary/aromatic N) is 2. The van der Waals surface area contributed by atoms with Gasteiger partial charge >= 0.3 is 0 Å². The second-order valence-corrected chi connectivity index (χ2v) is 5.65. The minimum absolute atomic E-state index is 0.276. The molecule has 0 unspecified atom stereocenters. The van der Waals surface area contributed by atoms with Crippen molar-refractivity contribution in [3.63, 3.8) is 0 Å². The van der Waals surface area contributed by atoms with Crippen LogP contribution in [0.3, 0.4) is 0 Å². The fourth-order valence-corrected chi connectivity index (χ4v) is 2.81. The summed E-state index contributed by atoms with van der Waals surface area (Å²) in [5.41, 5.74) is 0.802. The molecule has 0 saturated carbocycles. The molecule has 0 radical (unpaired) electrons. The number of piperazine rings is 1.